The van der Waals surface area contributed by atoms with Crippen molar-refractivity contribution in [1.82, 2.24) is 24.3 Å². The van der Waals surface area contributed by atoms with Gasteiger partial charge in [0.1, 0.15) is 11.6 Å². The molecule has 10 nitrogen and oxygen atoms in total. The predicted molar refractivity (Wildman–Crippen MR) is 188 cm³/mol. The molecule has 3 aliphatic rings. The maximum Gasteiger partial charge on any atom is 0.307 e. The van der Waals surface area contributed by atoms with Crippen LogP contribution in [0, 0.1) is 17.2 Å². The van der Waals surface area contributed by atoms with Gasteiger partial charge in [0.25, 0.3) is 0 Å². The molecule has 48 heavy (non-hydrogen) atoms. The van der Waals surface area contributed by atoms with Gasteiger partial charge in [-0.15, -0.1) is 23.1 Å². The van der Waals surface area contributed by atoms with Crippen molar-refractivity contribution in [2.24, 2.45) is 13.0 Å². The molecule has 0 aliphatic carbocycles. The highest BCUT2D eigenvalue weighted by molar-refractivity contribution is 7.98. The Balaban J connectivity index is 1.09. The minimum atomic E-state index is -0.751. The normalized spacial score (nSPS) is 18.3. The van der Waals surface area contributed by atoms with Crippen molar-refractivity contribution in [2.45, 2.75) is 43.8 Å². The summed E-state index contributed by atoms with van der Waals surface area (Å²) in [5.41, 5.74) is 9.81. The number of fused-ring (bicyclic) bond motifs is 3. The number of carboxylic acids is 1. The van der Waals surface area contributed by atoms with E-state index in [1.165, 1.54) is 33.0 Å². The number of benzene rings is 2. The van der Waals surface area contributed by atoms with Gasteiger partial charge in [0.05, 0.1) is 29.3 Å². The van der Waals surface area contributed by atoms with Crippen LogP contribution in [0.4, 0.5) is 5.95 Å². The van der Waals surface area contributed by atoms with Gasteiger partial charge < -0.3 is 23.9 Å². The average molecular weight is 680 g/mol. The van der Waals surface area contributed by atoms with E-state index in [0.29, 0.717) is 42.1 Å². The quantitative estimate of drug-likeness (QED) is 0.205. The van der Waals surface area contributed by atoms with Gasteiger partial charge in [0.2, 0.25) is 11.8 Å². The predicted octanol–water partition coefficient (Wildman–Crippen LogP) is 6.01. The first-order valence-corrected chi connectivity index (χ1v) is 18.4. The number of thioether (sulfide) groups is 1. The molecule has 6 heterocycles. The van der Waals surface area contributed by atoms with Gasteiger partial charge in [-0.1, -0.05) is 12.1 Å². The third kappa shape index (κ3) is 5.39. The summed E-state index contributed by atoms with van der Waals surface area (Å²) in [5, 5.41) is 21.7. The average Bonchev–Trinajstić information content (AvgIpc) is 3.89. The number of imidazole rings is 1. The Labute approximate surface area is 287 Å². The Bertz CT molecular complexity index is 2110. The maximum atomic E-state index is 11.5. The smallest absolute Gasteiger partial charge is 0.307 e. The molecule has 1 atom stereocenters. The lowest BCUT2D eigenvalue weighted by Gasteiger charge is -2.28. The zero-order valence-corrected chi connectivity index (χ0v) is 29.0. The lowest BCUT2D eigenvalue weighted by Crippen LogP contribution is -2.31. The van der Waals surface area contributed by atoms with Crippen molar-refractivity contribution in [3.8, 4) is 28.7 Å². The number of hydrogen-bond acceptors (Lipinski definition) is 10. The summed E-state index contributed by atoms with van der Waals surface area (Å²) < 4.78 is 8.64. The molecule has 5 aromatic rings. The van der Waals surface area contributed by atoms with Crippen LogP contribution >= 0.6 is 23.1 Å². The first kappa shape index (κ1) is 31.1. The van der Waals surface area contributed by atoms with E-state index in [2.05, 4.69) is 63.2 Å². The second-order valence-corrected chi connectivity index (χ2v) is 14.9. The molecule has 3 aromatic heterocycles. The van der Waals surface area contributed by atoms with E-state index in [4.69, 9.17) is 14.4 Å². The van der Waals surface area contributed by atoms with Crippen LogP contribution in [0.15, 0.2) is 45.0 Å². The molecule has 0 spiro atoms. The number of thiophene rings is 1. The molecular weight excluding hydrogens is 643 g/mol. The first-order chi connectivity index (χ1) is 23.3. The Morgan fingerprint density at radius 2 is 1.98 bits per heavy atom. The van der Waals surface area contributed by atoms with Gasteiger partial charge in [0.15, 0.2) is 5.58 Å². The van der Waals surface area contributed by atoms with Crippen LogP contribution in [-0.2, 0) is 44.3 Å². The second-order valence-electron chi connectivity index (χ2n) is 13.1. The number of aliphatic carboxylic acids is 1. The van der Waals surface area contributed by atoms with Crippen molar-refractivity contribution >= 4 is 46.1 Å². The highest BCUT2D eigenvalue weighted by Crippen LogP contribution is 2.44. The summed E-state index contributed by atoms with van der Waals surface area (Å²) in [5.74, 6) is 0.473. The van der Waals surface area contributed by atoms with Crippen LogP contribution in [0.1, 0.15) is 39.4 Å². The number of nitriles is 1. The number of nitrogens with zero attached hydrogens (tertiary/aromatic N) is 7. The molecule has 0 bridgehead atoms. The molecule has 1 saturated heterocycles. The second kappa shape index (κ2) is 12.4. The molecule has 0 unspecified atom stereocenters. The van der Waals surface area contributed by atoms with Gasteiger partial charge in [0, 0.05) is 61.7 Å². The maximum absolute atomic E-state index is 11.5. The Kier molecular flexibility index (Phi) is 8.03. The fourth-order valence-electron chi connectivity index (χ4n) is 7.61. The van der Waals surface area contributed by atoms with Crippen molar-refractivity contribution in [2.75, 3.05) is 44.4 Å². The van der Waals surface area contributed by atoms with E-state index in [0.717, 1.165) is 67.5 Å². The van der Waals surface area contributed by atoms with E-state index < -0.39 is 5.97 Å². The van der Waals surface area contributed by atoms with Crippen molar-refractivity contribution in [3.05, 3.63) is 68.7 Å². The Morgan fingerprint density at radius 3 is 2.77 bits per heavy atom. The number of oxazole rings is 1. The fourth-order valence-corrected chi connectivity index (χ4v) is 9.49. The fraction of sp³-hybridized carbons (Fsp3) is 0.389. The van der Waals surface area contributed by atoms with Crippen LogP contribution < -0.4 is 4.90 Å². The number of carbonyl (C=O) groups is 1. The van der Waals surface area contributed by atoms with E-state index in [1.807, 2.05) is 29.5 Å². The third-order valence-electron chi connectivity index (χ3n) is 10.1. The van der Waals surface area contributed by atoms with Crippen LogP contribution in [0.3, 0.4) is 0 Å². The lowest BCUT2D eigenvalue weighted by molar-refractivity contribution is -0.141. The molecule has 2 aromatic carbocycles. The van der Waals surface area contributed by atoms with E-state index in [-0.39, 0.29) is 5.92 Å². The minimum absolute atomic E-state index is 0.346. The molecule has 12 heteroatoms. The zero-order valence-electron chi connectivity index (χ0n) is 27.3. The number of likely N-dealkylation sites (tertiary alicyclic amines) is 1. The molecule has 3 aliphatic heterocycles. The number of rotatable bonds is 7. The van der Waals surface area contributed by atoms with Gasteiger partial charge in [-0.2, -0.15) is 5.26 Å². The number of anilines is 1. The van der Waals surface area contributed by atoms with Crippen molar-refractivity contribution in [3.63, 3.8) is 0 Å². The van der Waals surface area contributed by atoms with E-state index >= 15 is 0 Å². The van der Waals surface area contributed by atoms with Gasteiger partial charge >= 0.3 is 5.97 Å². The monoisotopic (exact) mass is 679 g/mol. The SMILES string of the molecule is CSc1c(-c2nc3cc(CN4CC[C@@H](C(=O)O)C4)cc(C#N)c3o2)cccc1-c1csc2c1CCN(c1nc3c(n1C)CCN(C)C3)C2. The summed E-state index contributed by atoms with van der Waals surface area (Å²) in [6.07, 6.45) is 4.72. The third-order valence-corrected chi connectivity index (χ3v) is 12.0. The highest BCUT2D eigenvalue weighted by Gasteiger charge is 2.30. The van der Waals surface area contributed by atoms with Crippen LogP contribution in [-0.4, -0.2) is 74.9 Å². The number of hydrogen-bond donors (Lipinski definition) is 1. The lowest BCUT2D eigenvalue weighted by atomic mass is 9.96. The molecule has 0 saturated carbocycles. The Hall–Kier alpha value is -4.15. The molecular formula is C36H37N7O3S2. The largest absolute Gasteiger partial charge is 0.481 e. The molecule has 246 valence electrons. The van der Waals surface area contributed by atoms with Crippen molar-refractivity contribution in [1.29, 1.82) is 5.26 Å². The molecule has 1 N–H and O–H groups in total. The first-order valence-electron chi connectivity index (χ1n) is 16.3. The summed E-state index contributed by atoms with van der Waals surface area (Å²) >= 11 is 3.51. The summed E-state index contributed by atoms with van der Waals surface area (Å²) in [6.45, 7) is 5.55. The van der Waals surface area contributed by atoms with Gasteiger partial charge in [-0.3, -0.25) is 9.69 Å². The molecule has 0 radical (unpaired) electrons. The number of likely N-dealkylation sites (N-methyl/N-ethyl adjacent to an activating group) is 1. The van der Waals surface area contributed by atoms with E-state index in [9.17, 15) is 15.2 Å². The standard InChI is InChI=1S/C36H37N7O3S2/c1-40-10-9-30-29(18-40)39-36(41(30)2)43-12-8-24-27(20-48-31(24)19-43)25-5-4-6-26(33(25)47-3)34-38-28-14-21(13-23(15-37)32(28)46-34)16-42-11-7-22(17-42)35(44)45/h4-6,13-14,20,22H,7-12,16-19H2,1-3H3,(H,44,45)/t22-/m1/s1. The summed E-state index contributed by atoms with van der Waals surface area (Å²) in [6, 6.07) is 12.4. The van der Waals surface area contributed by atoms with Crippen LogP contribution in [0.5, 0.6) is 0 Å². The van der Waals surface area contributed by atoms with Crippen LogP contribution in [0.25, 0.3) is 33.7 Å². The number of carboxylic acid groups (broad SMARTS) is 1. The van der Waals surface area contributed by atoms with Gasteiger partial charge in [-0.25, -0.2) is 9.97 Å². The highest BCUT2D eigenvalue weighted by atomic mass is 32.2. The van der Waals surface area contributed by atoms with Gasteiger partial charge in [-0.05, 0) is 78.5 Å². The Morgan fingerprint density at radius 1 is 1.12 bits per heavy atom. The molecule has 0 amide bonds. The van der Waals surface area contributed by atoms with Crippen LogP contribution in [0.2, 0.25) is 0 Å². The topological polar surface area (TPSA) is 115 Å². The summed E-state index contributed by atoms with van der Waals surface area (Å²) in [7, 11) is 4.32. The van der Waals surface area contributed by atoms with Crippen molar-refractivity contribution < 1.29 is 14.3 Å². The summed E-state index contributed by atoms with van der Waals surface area (Å²) in [4.78, 5) is 30.8. The minimum Gasteiger partial charge on any atom is -0.481 e. The molecule has 8 rings (SSSR count). The molecule has 1 fully saturated rings. The zero-order chi connectivity index (χ0) is 33.1. The van der Waals surface area contributed by atoms with E-state index in [1.54, 1.807) is 11.8 Å². The number of aromatic nitrogens is 3.